The lowest BCUT2D eigenvalue weighted by atomic mass is 10.1. The maximum atomic E-state index is 14.2. The molecule has 0 aliphatic heterocycles. The number of nitrogens with one attached hydrogen (secondary N) is 1. The molecule has 0 spiro atoms. The lowest BCUT2D eigenvalue weighted by Crippen LogP contribution is -2.22. The quantitative estimate of drug-likeness (QED) is 0.648. The summed E-state index contributed by atoms with van der Waals surface area (Å²) in [4.78, 5) is 13.6. The molecule has 6 nitrogen and oxygen atoms in total. The second-order valence-electron chi connectivity index (χ2n) is 5.40. The third kappa shape index (κ3) is 3.79. The van der Waals surface area contributed by atoms with Gasteiger partial charge in [0.25, 0.3) is 5.91 Å². The van der Waals surface area contributed by atoms with Crippen LogP contribution in [0.25, 0.3) is 10.1 Å². The monoisotopic (exact) mass is 414 g/mol. The van der Waals surface area contributed by atoms with Crippen LogP contribution in [0.4, 0.5) is 4.39 Å². The summed E-state index contributed by atoms with van der Waals surface area (Å²) in [7, 11) is -2.28. The summed E-state index contributed by atoms with van der Waals surface area (Å²) in [6, 6.07) is 7.66. The van der Waals surface area contributed by atoms with E-state index in [2.05, 4.69) is 5.32 Å². The van der Waals surface area contributed by atoms with E-state index in [1.165, 1.54) is 30.6 Å². The summed E-state index contributed by atoms with van der Waals surface area (Å²) in [5.41, 5.74) is 0.500. The SMILES string of the molecule is COCc1c(C(=O)NCc2ccc(S(N)(=O)=O)s2)sc2cccc(F)c12. The molecule has 0 aliphatic rings. The van der Waals surface area contributed by atoms with Crippen LogP contribution in [-0.2, 0) is 27.9 Å². The lowest BCUT2D eigenvalue weighted by Gasteiger charge is -2.05. The van der Waals surface area contributed by atoms with Crippen LogP contribution in [0.2, 0.25) is 0 Å². The summed E-state index contributed by atoms with van der Waals surface area (Å²) in [5.74, 6) is -0.774. The molecule has 2 heterocycles. The average molecular weight is 415 g/mol. The predicted octanol–water partition coefficient (Wildman–Crippen LogP) is 2.83. The first-order valence-electron chi connectivity index (χ1n) is 7.40. The van der Waals surface area contributed by atoms with E-state index in [-0.39, 0.29) is 23.3 Å². The van der Waals surface area contributed by atoms with Gasteiger partial charge in [0.05, 0.1) is 18.0 Å². The fraction of sp³-hybridized carbons (Fsp3) is 0.188. The Morgan fingerprint density at radius 1 is 1.27 bits per heavy atom. The molecule has 0 fully saturated rings. The molecule has 10 heteroatoms. The average Bonchev–Trinajstić information content (AvgIpc) is 3.18. The number of benzene rings is 1. The minimum Gasteiger partial charge on any atom is -0.380 e. The van der Waals surface area contributed by atoms with E-state index in [4.69, 9.17) is 9.88 Å². The molecule has 2 aromatic heterocycles. The van der Waals surface area contributed by atoms with E-state index in [1.807, 2.05) is 0 Å². The number of sulfonamides is 1. The largest absolute Gasteiger partial charge is 0.380 e. The minimum absolute atomic E-state index is 0.0331. The van der Waals surface area contributed by atoms with Gasteiger partial charge in [-0.2, -0.15) is 0 Å². The first-order valence-corrected chi connectivity index (χ1v) is 10.6. The zero-order chi connectivity index (χ0) is 18.9. The Kier molecular flexibility index (Phi) is 5.39. The number of halogens is 1. The Balaban J connectivity index is 1.85. The van der Waals surface area contributed by atoms with Gasteiger partial charge in [-0.3, -0.25) is 4.79 Å². The minimum atomic E-state index is -3.76. The third-order valence-electron chi connectivity index (χ3n) is 3.60. The van der Waals surface area contributed by atoms with E-state index in [9.17, 15) is 17.6 Å². The molecule has 3 rings (SSSR count). The summed E-state index contributed by atoms with van der Waals surface area (Å²) >= 11 is 2.18. The zero-order valence-electron chi connectivity index (χ0n) is 13.6. The zero-order valence-corrected chi connectivity index (χ0v) is 16.1. The van der Waals surface area contributed by atoms with Crippen LogP contribution in [0.1, 0.15) is 20.1 Å². The Bertz CT molecular complexity index is 1070. The standard InChI is InChI=1S/C16H15FN2O4S3/c1-23-8-10-14-11(17)3-2-4-12(14)25-15(10)16(20)19-7-9-5-6-13(24-9)26(18,21)22/h2-6H,7-8H2,1H3,(H,19,20)(H2,18,21,22). The van der Waals surface area contributed by atoms with Gasteiger partial charge >= 0.3 is 0 Å². The molecule has 0 saturated heterocycles. The molecule has 3 N–H and O–H groups in total. The van der Waals surface area contributed by atoms with Gasteiger partial charge in [-0.15, -0.1) is 22.7 Å². The van der Waals surface area contributed by atoms with Crippen LogP contribution in [0.5, 0.6) is 0 Å². The molecule has 138 valence electrons. The Hall–Kier alpha value is -1.85. The van der Waals surface area contributed by atoms with Crippen molar-refractivity contribution in [1.29, 1.82) is 0 Å². The second-order valence-corrected chi connectivity index (χ2v) is 9.41. The number of rotatable bonds is 6. The van der Waals surface area contributed by atoms with Gasteiger partial charge in [0.2, 0.25) is 10.0 Å². The summed E-state index contributed by atoms with van der Waals surface area (Å²) in [6.07, 6.45) is 0. The van der Waals surface area contributed by atoms with E-state index < -0.39 is 15.8 Å². The number of hydrogen-bond donors (Lipinski definition) is 2. The number of fused-ring (bicyclic) bond motifs is 1. The fourth-order valence-electron chi connectivity index (χ4n) is 2.49. The number of thiophene rings is 2. The Morgan fingerprint density at radius 2 is 2.04 bits per heavy atom. The molecule has 0 atom stereocenters. The topological polar surface area (TPSA) is 98.5 Å². The first-order chi connectivity index (χ1) is 12.3. The molecule has 0 radical (unpaired) electrons. The van der Waals surface area contributed by atoms with Gasteiger partial charge in [0.15, 0.2) is 0 Å². The van der Waals surface area contributed by atoms with Crippen molar-refractivity contribution in [2.45, 2.75) is 17.4 Å². The number of amides is 1. The Morgan fingerprint density at radius 3 is 2.69 bits per heavy atom. The van der Waals surface area contributed by atoms with Crippen LogP contribution in [0.3, 0.4) is 0 Å². The number of hydrogen-bond acceptors (Lipinski definition) is 6. The van der Waals surface area contributed by atoms with E-state index >= 15 is 0 Å². The number of carbonyl (C=O) groups excluding carboxylic acids is 1. The van der Waals surface area contributed by atoms with Gasteiger partial charge in [-0.05, 0) is 24.3 Å². The van der Waals surface area contributed by atoms with Crippen LogP contribution in [0, 0.1) is 5.82 Å². The highest BCUT2D eigenvalue weighted by molar-refractivity contribution is 7.91. The molecular weight excluding hydrogens is 399 g/mol. The number of carbonyl (C=O) groups is 1. The molecule has 26 heavy (non-hydrogen) atoms. The fourth-order valence-corrected chi connectivity index (χ4v) is 5.34. The summed E-state index contributed by atoms with van der Waals surface area (Å²) in [5, 5.41) is 8.19. The highest BCUT2D eigenvalue weighted by Gasteiger charge is 2.21. The van der Waals surface area contributed by atoms with Crippen LogP contribution >= 0.6 is 22.7 Å². The van der Waals surface area contributed by atoms with Crippen molar-refractivity contribution in [1.82, 2.24) is 5.32 Å². The first kappa shape index (κ1) is 18.9. The second kappa shape index (κ2) is 7.41. The molecule has 0 aliphatic carbocycles. The maximum Gasteiger partial charge on any atom is 0.262 e. The predicted molar refractivity (Wildman–Crippen MR) is 99.4 cm³/mol. The summed E-state index contributed by atoms with van der Waals surface area (Å²) in [6.45, 7) is 0.250. The van der Waals surface area contributed by atoms with Crippen molar-refractivity contribution >= 4 is 48.7 Å². The molecule has 1 aromatic carbocycles. The van der Waals surface area contributed by atoms with E-state index in [1.54, 1.807) is 18.2 Å². The van der Waals surface area contributed by atoms with E-state index in [0.29, 0.717) is 25.4 Å². The van der Waals surface area contributed by atoms with Crippen LogP contribution in [-0.4, -0.2) is 21.4 Å². The molecule has 0 bridgehead atoms. The normalized spacial score (nSPS) is 11.8. The highest BCUT2D eigenvalue weighted by Crippen LogP contribution is 2.33. The van der Waals surface area contributed by atoms with Gasteiger partial charge in [0.1, 0.15) is 10.0 Å². The third-order valence-corrected chi connectivity index (χ3v) is 7.32. The summed E-state index contributed by atoms with van der Waals surface area (Å²) < 4.78 is 42.6. The molecular formula is C16H15FN2O4S3. The Labute approximate surface area is 157 Å². The molecule has 3 aromatic rings. The van der Waals surface area contributed by atoms with Crippen molar-refractivity contribution in [2.24, 2.45) is 5.14 Å². The van der Waals surface area contributed by atoms with E-state index in [0.717, 1.165) is 11.3 Å². The number of ether oxygens (including phenoxy) is 1. The van der Waals surface area contributed by atoms with Crippen molar-refractivity contribution in [3.8, 4) is 0 Å². The molecule has 0 saturated carbocycles. The van der Waals surface area contributed by atoms with Crippen molar-refractivity contribution in [3.05, 3.63) is 51.5 Å². The van der Waals surface area contributed by atoms with Gasteiger partial charge in [-0.1, -0.05) is 6.07 Å². The number of nitrogens with two attached hydrogens (primary N) is 1. The van der Waals surface area contributed by atoms with Gasteiger partial charge in [0, 0.05) is 27.6 Å². The number of methoxy groups -OCH3 is 1. The van der Waals surface area contributed by atoms with Crippen LogP contribution < -0.4 is 10.5 Å². The maximum absolute atomic E-state index is 14.2. The van der Waals surface area contributed by atoms with Gasteiger partial charge in [-0.25, -0.2) is 17.9 Å². The highest BCUT2D eigenvalue weighted by atomic mass is 32.2. The van der Waals surface area contributed by atoms with Crippen molar-refractivity contribution < 1.29 is 22.3 Å². The molecule has 1 amide bonds. The molecule has 0 unspecified atom stereocenters. The smallest absolute Gasteiger partial charge is 0.262 e. The van der Waals surface area contributed by atoms with Crippen molar-refractivity contribution in [3.63, 3.8) is 0 Å². The van der Waals surface area contributed by atoms with Crippen LogP contribution in [0.15, 0.2) is 34.5 Å². The van der Waals surface area contributed by atoms with Gasteiger partial charge < -0.3 is 10.1 Å². The number of primary sulfonamides is 1. The van der Waals surface area contributed by atoms with Crippen molar-refractivity contribution in [2.75, 3.05) is 7.11 Å². The lowest BCUT2D eigenvalue weighted by molar-refractivity contribution is 0.0951.